The summed E-state index contributed by atoms with van der Waals surface area (Å²) in [6, 6.07) is 3.41. The number of nitrogens with two attached hydrogens (primary N) is 1. The number of aromatic nitrogens is 2. The molecule has 2 rings (SSSR count). The van der Waals surface area contributed by atoms with E-state index >= 15 is 0 Å². The molecule has 0 bridgehead atoms. The molecule has 2 heterocycles. The van der Waals surface area contributed by atoms with Crippen molar-refractivity contribution in [1.82, 2.24) is 9.38 Å². The Morgan fingerprint density at radius 1 is 1.65 bits per heavy atom. The van der Waals surface area contributed by atoms with Gasteiger partial charge in [0.25, 0.3) is 0 Å². The second-order valence-electron chi connectivity index (χ2n) is 3.61. The van der Waals surface area contributed by atoms with Crippen LogP contribution in [-0.2, 0) is 11.2 Å². The van der Waals surface area contributed by atoms with Crippen LogP contribution in [0.25, 0.3) is 5.52 Å². The fourth-order valence-electron chi connectivity index (χ4n) is 1.75. The van der Waals surface area contributed by atoms with Crippen LogP contribution in [-0.4, -0.2) is 34.2 Å². The fraction of sp³-hybridized carbons (Fsp3) is 0.273. The molecule has 0 fully saturated rings. The van der Waals surface area contributed by atoms with Crippen LogP contribution >= 0.6 is 0 Å². The summed E-state index contributed by atoms with van der Waals surface area (Å²) in [6.45, 7) is 0.479. The standard InChI is InChI=1S/C11H13N3O3/c1-17-6-4-8-13-9(11(15)16)10-7(12)3-2-5-14(8)10/h2-3,5H,4,6,12H2,1H3,(H,15,16). The number of carbonyl (C=O) groups is 1. The Hall–Kier alpha value is -2.08. The lowest BCUT2D eigenvalue weighted by molar-refractivity contribution is 0.0693. The smallest absolute Gasteiger partial charge is 0.356 e. The third-order valence-corrected chi connectivity index (χ3v) is 2.50. The molecule has 0 aliphatic heterocycles. The molecule has 6 nitrogen and oxygen atoms in total. The molecule has 0 aliphatic rings. The number of carboxylic acids is 1. The lowest BCUT2D eigenvalue weighted by atomic mass is 10.3. The number of carboxylic acid groups (broad SMARTS) is 1. The summed E-state index contributed by atoms with van der Waals surface area (Å²) in [5.41, 5.74) is 6.60. The van der Waals surface area contributed by atoms with Crippen LogP contribution < -0.4 is 5.73 Å². The molecular formula is C11H13N3O3. The molecule has 0 amide bonds. The molecule has 90 valence electrons. The maximum Gasteiger partial charge on any atom is 0.356 e. The van der Waals surface area contributed by atoms with Gasteiger partial charge in [-0.3, -0.25) is 0 Å². The van der Waals surface area contributed by atoms with Crippen LogP contribution in [0.15, 0.2) is 18.3 Å². The predicted octanol–water partition coefficient (Wildman–Crippen LogP) is 0.804. The number of aromatic carboxylic acids is 1. The third-order valence-electron chi connectivity index (χ3n) is 2.50. The van der Waals surface area contributed by atoms with E-state index in [2.05, 4.69) is 4.98 Å². The van der Waals surface area contributed by atoms with E-state index < -0.39 is 5.97 Å². The normalized spacial score (nSPS) is 10.9. The summed E-state index contributed by atoms with van der Waals surface area (Å²) >= 11 is 0. The molecule has 0 aliphatic carbocycles. The van der Waals surface area contributed by atoms with Gasteiger partial charge in [0.15, 0.2) is 5.69 Å². The van der Waals surface area contributed by atoms with Crippen LogP contribution in [0, 0.1) is 0 Å². The zero-order valence-electron chi connectivity index (χ0n) is 9.38. The third kappa shape index (κ3) is 1.94. The van der Waals surface area contributed by atoms with Crippen LogP contribution in [0.5, 0.6) is 0 Å². The summed E-state index contributed by atoms with van der Waals surface area (Å²) in [7, 11) is 1.59. The van der Waals surface area contributed by atoms with Crippen LogP contribution in [0.4, 0.5) is 5.69 Å². The summed E-state index contributed by atoms with van der Waals surface area (Å²) in [5, 5.41) is 9.08. The molecule has 0 atom stereocenters. The molecule has 3 N–H and O–H groups in total. The van der Waals surface area contributed by atoms with Gasteiger partial charge in [-0.1, -0.05) is 0 Å². The SMILES string of the molecule is COCCc1nc(C(=O)O)c2c(N)cccn12. The molecule has 0 spiro atoms. The first-order chi connectivity index (χ1) is 8.15. The second kappa shape index (κ2) is 4.42. The second-order valence-corrected chi connectivity index (χ2v) is 3.61. The number of nitrogens with zero attached hydrogens (tertiary/aromatic N) is 2. The first-order valence-corrected chi connectivity index (χ1v) is 5.12. The zero-order chi connectivity index (χ0) is 12.4. The number of imidazole rings is 1. The highest BCUT2D eigenvalue weighted by Crippen LogP contribution is 2.20. The van der Waals surface area contributed by atoms with Gasteiger partial charge in [0.1, 0.15) is 11.3 Å². The van der Waals surface area contributed by atoms with Gasteiger partial charge in [-0.25, -0.2) is 9.78 Å². The van der Waals surface area contributed by atoms with Crippen molar-refractivity contribution in [3.8, 4) is 0 Å². The van der Waals surface area contributed by atoms with E-state index in [9.17, 15) is 4.79 Å². The topological polar surface area (TPSA) is 89.8 Å². The van der Waals surface area contributed by atoms with E-state index in [1.807, 2.05) is 0 Å². The van der Waals surface area contributed by atoms with E-state index in [1.165, 1.54) is 0 Å². The number of methoxy groups -OCH3 is 1. The zero-order valence-corrected chi connectivity index (χ0v) is 9.38. The van der Waals surface area contributed by atoms with Crippen LogP contribution in [0.2, 0.25) is 0 Å². The minimum absolute atomic E-state index is 0.0193. The Balaban J connectivity index is 2.62. The van der Waals surface area contributed by atoms with Crippen molar-refractivity contribution in [2.24, 2.45) is 0 Å². The van der Waals surface area contributed by atoms with Gasteiger partial charge in [0.2, 0.25) is 0 Å². The molecule has 0 saturated heterocycles. The molecule has 0 aromatic carbocycles. The number of rotatable bonds is 4. The highest BCUT2D eigenvalue weighted by molar-refractivity contribution is 5.97. The van der Waals surface area contributed by atoms with E-state index in [-0.39, 0.29) is 5.69 Å². The van der Waals surface area contributed by atoms with Crippen molar-refractivity contribution in [2.45, 2.75) is 6.42 Å². The average molecular weight is 235 g/mol. The molecule has 17 heavy (non-hydrogen) atoms. The highest BCUT2D eigenvalue weighted by atomic mass is 16.5. The minimum atomic E-state index is -1.08. The molecule has 6 heteroatoms. The molecule has 2 aromatic rings. The van der Waals surface area contributed by atoms with Gasteiger partial charge in [-0.2, -0.15) is 0 Å². The summed E-state index contributed by atoms with van der Waals surface area (Å²) < 4.78 is 6.65. The first kappa shape index (κ1) is 11.4. The van der Waals surface area contributed by atoms with Gasteiger partial charge in [0, 0.05) is 19.7 Å². The highest BCUT2D eigenvalue weighted by Gasteiger charge is 2.18. The van der Waals surface area contributed by atoms with Crippen LogP contribution in [0.1, 0.15) is 16.3 Å². The van der Waals surface area contributed by atoms with E-state index in [1.54, 1.807) is 29.8 Å². The maximum absolute atomic E-state index is 11.1. The molecular weight excluding hydrogens is 222 g/mol. The largest absolute Gasteiger partial charge is 0.476 e. The number of nitrogen functional groups attached to an aromatic ring is 1. The number of fused-ring (bicyclic) bond motifs is 1. The van der Waals surface area contributed by atoms with Gasteiger partial charge in [-0.05, 0) is 12.1 Å². The Labute approximate surface area is 97.6 Å². The number of hydrogen-bond acceptors (Lipinski definition) is 4. The monoisotopic (exact) mass is 235 g/mol. The maximum atomic E-state index is 11.1. The Morgan fingerprint density at radius 2 is 2.41 bits per heavy atom. The summed E-state index contributed by atoms with van der Waals surface area (Å²) in [4.78, 5) is 15.2. The average Bonchev–Trinajstić information content (AvgIpc) is 2.67. The number of hydrogen-bond donors (Lipinski definition) is 2. The van der Waals surface area contributed by atoms with Gasteiger partial charge in [0.05, 0.1) is 12.3 Å². The predicted molar refractivity (Wildman–Crippen MR) is 62.1 cm³/mol. The fourth-order valence-corrected chi connectivity index (χ4v) is 1.75. The lowest BCUT2D eigenvalue weighted by Crippen LogP contribution is -2.00. The first-order valence-electron chi connectivity index (χ1n) is 5.12. The van der Waals surface area contributed by atoms with Crippen molar-refractivity contribution >= 4 is 17.2 Å². The van der Waals surface area contributed by atoms with Gasteiger partial charge < -0.3 is 20.0 Å². The summed E-state index contributed by atoms with van der Waals surface area (Å²) in [5.74, 6) is -0.449. The van der Waals surface area contributed by atoms with Gasteiger partial charge in [-0.15, -0.1) is 0 Å². The number of ether oxygens (including phenoxy) is 1. The Kier molecular flexibility index (Phi) is 2.97. The van der Waals surface area contributed by atoms with Crippen molar-refractivity contribution in [3.05, 3.63) is 29.8 Å². The Morgan fingerprint density at radius 3 is 3.06 bits per heavy atom. The number of anilines is 1. The Bertz CT molecular complexity index is 562. The van der Waals surface area contributed by atoms with Crippen molar-refractivity contribution in [1.29, 1.82) is 0 Å². The summed E-state index contributed by atoms with van der Waals surface area (Å²) in [6.07, 6.45) is 2.28. The molecule has 0 unspecified atom stereocenters. The molecule has 0 radical (unpaired) electrons. The molecule has 2 aromatic heterocycles. The van der Waals surface area contributed by atoms with Crippen LogP contribution in [0.3, 0.4) is 0 Å². The van der Waals surface area contributed by atoms with Gasteiger partial charge >= 0.3 is 5.97 Å². The quantitative estimate of drug-likeness (QED) is 0.818. The molecule has 0 saturated carbocycles. The van der Waals surface area contributed by atoms with Crippen molar-refractivity contribution in [3.63, 3.8) is 0 Å². The number of pyridine rings is 1. The van der Waals surface area contributed by atoms with Crippen molar-refractivity contribution < 1.29 is 14.6 Å². The lowest BCUT2D eigenvalue weighted by Gasteiger charge is -2.01. The van der Waals surface area contributed by atoms with E-state index in [0.717, 1.165) is 0 Å². The van der Waals surface area contributed by atoms with Crippen molar-refractivity contribution in [2.75, 3.05) is 19.5 Å². The minimum Gasteiger partial charge on any atom is -0.476 e. The van der Waals surface area contributed by atoms with E-state index in [4.69, 9.17) is 15.6 Å². The van der Waals surface area contributed by atoms with E-state index in [0.29, 0.717) is 30.1 Å².